The number of hydrogen-bond acceptors (Lipinski definition) is 1. The lowest BCUT2D eigenvalue weighted by molar-refractivity contribution is 0.117. The van der Waals surface area contributed by atoms with Gasteiger partial charge in [-0.3, -0.25) is 0 Å². The Morgan fingerprint density at radius 1 is 0.577 bits per heavy atom. The van der Waals surface area contributed by atoms with Crippen LogP contribution in [0.3, 0.4) is 0 Å². The van der Waals surface area contributed by atoms with Gasteiger partial charge in [0.1, 0.15) is 0 Å². The predicted molar refractivity (Wildman–Crippen MR) is 115 cm³/mol. The molecule has 0 saturated carbocycles. The Morgan fingerprint density at radius 3 is 1.69 bits per heavy atom. The molecule has 3 aromatic rings. The molecule has 134 valence electrons. The maximum atomic E-state index is 5.80. The molecule has 0 fully saturated rings. The molecular weight excluding hydrogens is 335 g/mol. The maximum Gasteiger partial charge on any atom is 0.0966 e. The molecule has 0 bridgehead atoms. The fourth-order valence-electron chi connectivity index (χ4n) is 3.18. The van der Waals surface area contributed by atoms with E-state index >= 15 is 0 Å². The Bertz CT molecular complexity index is 688. The van der Waals surface area contributed by atoms with Gasteiger partial charge in [0.15, 0.2) is 0 Å². The van der Waals surface area contributed by atoms with E-state index in [1.54, 1.807) is 0 Å². The molecule has 0 aliphatic rings. The summed E-state index contributed by atoms with van der Waals surface area (Å²) in [5, 5.41) is 3.04. The van der Waals surface area contributed by atoms with E-state index in [1.807, 2.05) is 6.07 Å². The number of rotatable bonds is 10. The molecule has 0 spiro atoms. The van der Waals surface area contributed by atoms with Gasteiger partial charge in [-0.2, -0.15) is 0 Å². The highest BCUT2D eigenvalue weighted by Gasteiger charge is 2.21. The molecule has 0 amide bonds. The third-order valence-corrected chi connectivity index (χ3v) is 7.49. The van der Waals surface area contributed by atoms with Gasteiger partial charge in [-0.05, 0) is 49.1 Å². The second-order valence-electron chi connectivity index (χ2n) is 6.56. The molecule has 3 rings (SSSR count). The van der Waals surface area contributed by atoms with Crippen molar-refractivity contribution in [2.45, 2.75) is 25.9 Å². The van der Waals surface area contributed by atoms with Crippen LogP contribution in [0.15, 0.2) is 91.0 Å². The second-order valence-corrected chi connectivity index (χ2v) is 9.17. The van der Waals surface area contributed by atoms with Crippen LogP contribution >= 0.6 is 7.92 Å². The molecule has 0 aromatic heterocycles. The highest BCUT2D eigenvalue weighted by atomic mass is 31.1. The number of unbranched alkanes of at least 4 members (excludes halogenated alkanes) is 2. The van der Waals surface area contributed by atoms with Crippen molar-refractivity contribution in [2.24, 2.45) is 0 Å². The first-order valence-corrected chi connectivity index (χ1v) is 11.2. The first-order valence-electron chi connectivity index (χ1n) is 9.52. The highest BCUT2D eigenvalue weighted by Crippen LogP contribution is 2.34. The van der Waals surface area contributed by atoms with Crippen molar-refractivity contribution in [3.63, 3.8) is 0 Å². The molecule has 1 nitrogen and oxygen atoms in total. The van der Waals surface area contributed by atoms with Crippen molar-refractivity contribution in [3.8, 4) is 0 Å². The predicted octanol–water partition coefficient (Wildman–Crippen LogP) is 5.24. The van der Waals surface area contributed by atoms with Crippen LogP contribution in [-0.2, 0) is 11.3 Å². The van der Waals surface area contributed by atoms with Crippen LogP contribution in [0.1, 0.15) is 24.8 Å². The van der Waals surface area contributed by atoms with Crippen molar-refractivity contribution in [3.05, 3.63) is 96.6 Å². The van der Waals surface area contributed by atoms with E-state index in [9.17, 15) is 0 Å². The molecule has 0 saturated heterocycles. The normalized spacial score (nSPS) is 11.0. The Labute approximate surface area is 158 Å². The maximum absolute atomic E-state index is 5.80. The summed E-state index contributed by atoms with van der Waals surface area (Å²) < 4.78 is 5.80. The summed E-state index contributed by atoms with van der Waals surface area (Å²) in [4.78, 5) is 0. The molecule has 2 heteroatoms. The fourth-order valence-corrected chi connectivity index (χ4v) is 5.88. The molecule has 0 unspecified atom stereocenters. The minimum absolute atomic E-state index is 0.676. The van der Waals surface area contributed by atoms with Gasteiger partial charge in [-0.1, -0.05) is 66.7 Å². The van der Waals surface area contributed by atoms with Gasteiger partial charge in [0.05, 0.1) is 31.3 Å². The molecule has 0 atom stereocenters. The van der Waals surface area contributed by atoms with Crippen molar-refractivity contribution >= 4 is 18.5 Å². The molecule has 0 N–H and O–H groups in total. The van der Waals surface area contributed by atoms with Gasteiger partial charge < -0.3 is 4.74 Å². The number of hydrogen-bond donors (Lipinski definition) is 0. The minimum Gasteiger partial charge on any atom is -0.377 e. The van der Waals surface area contributed by atoms with E-state index < -0.39 is 7.92 Å². The van der Waals surface area contributed by atoms with Crippen molar-refractivity contribution in [1.29, 1.82) is 0 Å². The standard InChI is InChI=1S/C24H27OP/c1-5-13-22(14-6-1)21-25-19-11-4-12-20-26(23-15-7-2-8-16-23)24-17-9-3-10-18-24/h1-3,5-10,13-18H,4,11-12,19-21H2/p+1. The van der Waals surface area contributed by atoms with E-state index in [0.717, 1.165) is 19.6 Å². The molecule has 3 aromatic carbocycles. The average molecular weight is 363 g/mol. The minimum atomic E-state index is -0.676. The summed E-state index contributed by atoms with van der Waals surface area (Å²) in [6.07, 6.45) is 4.94. The van der Waals surface area contributed by atoms with Crippen LogP contribution in [0, 0.1) is 0 Å². The van der Waals surface area contributed by atoms with Crippen molar-refractivity contribution < 1.29 is 4.74 Å². The zero-order chi connectivity index (χ0) is 17.9. The van der Waals surface area contributed by atoms with E-state index in [4.69, 9.17) is 4.74 Å². The van der Waals surface area contributed by atoms with Crippen LogP contribution in [-0.4, -0.2) is 12.8 Å². The van der Waals surface area contributed by atoms with Crippen LogP contribution in [0.25, 0.3) is 0 Å². The first-order chi connectivity index (χ1) is 12.9. The van der Waals surface area contributed by atoms with E-state index in [0.29, 0.717) is 0 Å². The van der Waals surface area contributed by atoms with Crippen molar-refractivity contribution in [1.82, 2.24) is 0 Å². The molecular formula is C24H28OP+. The molecule has 0 aliphatic heterocycles. The van der Waals surface area contributed by atoms with Gasteiger partial charge in [-0.25, -0.2) is 0 Å². The van der Waals surface area contributed by atoms with Gasteiger partial charge in [0.2, 0.25) is 0 Å². The summed E-state index contributed by atoms with van der Waals surface area (Å²) in [6, 6.07) is 32.5. The molecule has 0 heterocycles. The largest absolute Gasteiger partial charge is 0.377 e. The quantitative estimate of drug-likeness (QED) is 0.354. The van der Waals surface area contributed by atoms with E-state index in [-0.39, 0.29) is 0 Å². The van der Waals surface area contributed by atoms with Crippen LogP contribution in [0.5, 0.6) is 0 Å². The van der Waals surface area contributed by atoms with Crippen molar-refractivity contribution in [2.75, 3.05) is 12.8 Å². The molecule has 0 radical (unpaired) electrons. The highest BCUT2D eigenvalue weighted by molar-refractivity contribution is 7.73. The number of benzene rings is 3. The summed E-state index contributed by atoms with van der Waals surface area (Å²) in [5.41, 5.74) is 1.26. The monoisotopic (exact) mass is 363 g/mol. The van der Waals surface area contributed by atoms with Crippen LogP contribution < -0.4 is 10.6 Å². The lowest BCUT2D eigenvalue weighted by atomic mass is 10.2. The Balaban J connectivity index is 1.42. The fraction of sp³-hybridized carbons (Fsp3) is 0.250. The Hall–Kier alpha value is -1.95. The zero-order valence-electron chi connectivity index (χ0n) is 15.3. The molecule has 26 heavy (non-hydrogen) atoms. The second kappa shape index (κ2) is 10.9. The van der Waals surface area contributed by atoms with Gasteiger partial charge in [0.25, 0.3) is 0 Å². The van der Waals surface area contributed by atoms with Crippen LogP contribution in [0.2, 0.25) is 0 Å². The number of ether oxygens (including phenoxy) is 1. The summed E-state index contributed by atoms with van der Waals surface area (Å²) in [6.45, 7) is 1.58. The van der Waals surface area contributed by atoms with E-state index in [2.05, 4.69) is 84.9 Å². The smallest absolute Gasteiger partial charge is 0.0966 e. The van der Waals surface area contributed by atoms with Gasteiger partial charge >= 0.3 is 0 Å². The summed E-state index contributed by atoms with van der Waals surface area (Å²) >= 11 is 0. The van der Waals surface area contributed by atoms with Crippen LogP contribution in [0.4, 0.5) is 0 Å². The van der Waals surface area contributed by atoms with Gasteiger partial charge in [-0.15, -0.1) is 0 Å². The topological polar surface area (TPSA) is 9.23 Å². The Kier molecular flexibility index (Phi) is 7.90. The lowest BCUT2D eigenvalue weighted by Crippen LogP contribution is -2.13. The third-order valence-electron chi connectivity index (χ3n) is 4.57. The summed E-state index contributed by atoms with van der Waals surface area (Å²) in [7, 11) is -0.676. The zero-order valence-corrected chi connectivity index (χ0v) is 16.3. The first kappa shape index (κ1) is 18.8. The SMILES string of the molecule is c1ccc(COCCCCC[PH+](c2ccccc2)c2ccccc2)cc1. The van der Waals surface area contributed by atoms with Gasteiger partial charge in [0, 0.05) is 6.61 Å². The third kappa shape index (κ3) is 6.09. The molecule has 0 aliphatic carbocycles. The lowest BCUT2D eigenvalue weighted by Gasteiger charge is -2.11. The van der Waals surface area contributed by atoms with E-state index in [1.165, 1.54) is 35.2 Å². The Morgan fingerprint density at radius 2 is 1.12 bits per heavy atom. The average Bonchev–Trinajstić information content (AvgIpc) is 2.72. The summed E-state index contributed by atoms with van der Waals surface area (Å²) in [5.74, 6) is 0.